The maximum atomic E-state index is 13.7. The van der Waals surface area contributed by atoms with Gasteiger partial charge in [-0.05, 0) is 50.6 Å². The first-order chi connectivity index (χ1) is 17.0. The van der Waals surface area contributed by atoms with Crippen LogP contribution in [-0.4, -0.2) is 78.5 Å². The number of phenols is 1. The van der Waals surface area contributed by atoms with Gasteiger partial charge in [-0.3, -0.25) is 29.3 Å². The number of aliphatic hydroxyl groups excluding tert-OH is 2. The molecular weight excluding hydrogens is 468 g/mol. The monoisotopic (exact) mass is 492 g/mol. The average molecular weight is 492 g/mol. The summed E-state index contributed by atoms with van der Waals surface area (Å²) >= 11 is 0. The van der Waals surface area contributed by atoms with Crippen molar-refractivity contribution in [1.82, 2.24) is 14.9 Å². The lowest BCUT2D eigenvalue weighted by molar-refractivity contribution is -0.148. The number of phenolic OH excluding ortho intramolecular Hbond substituents is 1. The molecule has 36 heavy (non-hydrogen) atoms. The number of nitrogens with two attached hydrogens (primary N) is 1. The van der Waals surface area contributed by atoms with Crippen LogP contribution in [0.15, 0.2) is 53.4 Å². The van der Waals surface area contributed by atoms with Gasteiger partial charge >= 0.3 is 0 Å². The van der Waals surface area contributed by atoms with E-state index in [4.69, 9.17) is 5.73 Å². The van der Waals surface area contributed by atoms with Crippen molar-refractivity contribution < 1.29 is 34.8 Å². The lowest BCUT2D eigenvalue weighted by atomic mass is 9.58. The second-order valence-corrected chi connectivity index (χ2v) is 9.54. The SMILES string of the molecule is CN(C)[C@@H]1C(O)=C(C(N)=O)C(=O)[C@@]2(O)C(O)=C3C(=O)c4c(O)ccc(-c5cnccn5)c4C[C@H]3C[C@@H]12. The number of benzene rings is 1. The first kappa shape index (κ1) is 23.6. The van der Waals surface area contributed by atoms with Crippen LogP contribution in [0.4, 0.5) is 0 Å². The number of aromatic nitrogens is 2. The third-order valence-corrected chi connectivity index (χ3v) is 7.45. The number of amides is 1. The summed E-state index contributed by atoms with van der Waals surface area (Å²) in [5, 5.41) is 44.3. The zero-order valence-corrected chi connectivity index (χ0v) is 19.5. The molecule has 0 fully saturated rings. The van der Waals surface area contributed by atoms with E-state index in [-0.39, 0.29) is 29.7 Å². The number of likely N-dealkylation sites (N-methyl/N-ethyl adjacent to an activating group) is 1. The van der Waals surface area contributed by atoms with Crippen molar-refractivity contribution in [3.63, 3.8) is 0 Å². The highest BCUT2D eigenvalue weighted by Gasteiger charge is 2.63. The minimum Gasteiger partial charge on any atom is -0.510 e. The largest absolute Gasteiger partial charge is 0.510 e. The molecule has 186 valence electrons. The number of carbonyl (C=O) groups excluding carboxylic acids is 3. The molecule has 0 aliphatic heterocycles. The molecule has 3 aliphatic carbocycles. The molecular formula is C25H24N4O7. The van der Waals surface area contributed by atoms with Crippen LogP contribution in [0.2, 0.25) is 0 Å². The summed E-state index contributed by atoms with van der Waals surface area (Å²) in [5.41, 5.74) is 3.11. The minimum atomic E-state index is -2.66. The van der Waals surface area contributed by atoms with Crippen molar-refractivity contribution >= 4 is 17.5 Å². The third kappa shape index (κ3) is 3.02. The fourth-order valence-electron chi connectivity index (χ4n) is 5.93. The van der Waals surface area contributed by atoms with E-state index in [2.05, 4.69) is 9.97 Å². The number of aromatic hydroxyl groups is 1. The number of hydrogen-bond donors (Lipinski definition) is 5. The average Bonchev–Trinajstić information content (AvgIpc) is 2.81. The summed E-state index contributed by atoms with van der Waals surface area (Å²) in [6.45, 7) is 0. The van der Waals surface area contributed by atoms with Crippen molar-refractivity contribution in [1.29, 1.82) is 0 Å². The molecule has 1 aromatic carbocycles. The number of rotatable bonds is 3. The fraction of sp³-hybridized carbons (Fsp3) is 0.320. The summed E-state index contributed by atoms with van der Waals surface area (Å²) in [5.74, 6) is -6.85. The lowest BCUT2D eigenvalue weighted by Gasteiger charge is -2.50. The normalized spacial score (nSPS) is 27.6. The maximum Gasteiger partial charge on any atom is 0.255 e. The Labute approximate surface area is 205 Å². The molecule has 0 saturated heterocycles. The van der Waals surface area contributed by atoms with Crippen LogP contribution in [-0.2, 0) is 16.0 Å². The Balaban J connectivity index is 1.73. The molecule has 0 spiro atoms. The van der Waals surface area contributed by atoms with Crippen LogP contribution in [0.1, 0.15) is 22.3 Å². The highest BCUT2D eigenvalue weighted by Crippen LogP contribution is 2.52. The highest BCUT2D eigenvalue weighted by atomic mass is 16.3. The van der Waals surface area contributed by atoms with Gasteiger partial charge in [0.15, 0.2) is 11.4 Å². The van der Waals surface area contributed by atoms with E-state index in [9.17, 15) is 34.8 Å². The van der Waals surface area contributed by atoms with Crippen LogP contribution in [0.25, 0.3) is 11.3 Å². The number of nitrogens with zero attached hydrogens (tertiary/aromatic N) is 3. The molecule has 3 aliphatic rings. The van der Waals surface area contributed by atoms with Gasteiger partial charge in [0.1, 0.15) is 22.8 Å². The number of fused-ring (bicyclic) bond motifs is 3. The quantitative estimate of drug-likeness (QED) is 0.379. The number of allylic oxidation sites excluding steroid dienone is 1. The lowest BCUT2D eigenvalue weighted by Crippen LogP contribution is -2.63. The maximum absolute atomic E-state index is 13.7. The van der Waals surface area contributed by atoms with Crippen LogP contribution in [0.5, 0.6) is 5.75 Å². The van der Waals surface area contributed by atoms with E-state index in [0.29, 0.717) is 16.8 Å². The van der Waals surface area contributed by atoms with Gasteiger partial charge in [-0.1, -0.05) is 0 Å². The summed E-state index contributed by atoms with van der Waals surface area (Å²) in [4.78, 5) is 48.9. The molecule has 1 aromatic heterocycles. The second kappa shape index (κ2) is 7.97. The second-order valence-electron chi connectivity index (χ2n) is 9.54. The Bertz CT molecular complexity index is 1400. The standard InChI is InChI=1S/C25H24N4O7/c1-29(2)19-13-8-10-7-12-11(14-9-27-5-6-28-14)3-4-15(30)17(12)20(31)16(10)22(33)25(13,36)23(34)18(21(19)32)24(26)35/h3-6,9-10,13,19,30,32-33,36H,7-8H2,1-2H3,(H2,26,35)/t10-,13-,19-,25-/m0/s1. The van der Waals surface area contributed by atoms with Gasteiger partial charge in [0, 0.05) is 29.4 Å². The first-order valence-corrected chi connectivity index (χ1v) is 11.3. The Morgan fingerprint density at radius 1 is 1.17 bits per heavy atom. The molecule has 11 nitrogen and oxygen atoms in total. The predicted molar refractivity (Wildman–Crippen MR) is 125 cm³/mol. The Morgan fingerprint density at radius 2 is 1.89 bits per heavy atom. The minimum absolute atomic E-state index is 0.0152. The van der Waals surface area contributed by atoms with E-state index in [1.54, 1.807) is 20.2 Å². The molecule has 2 aromatic rings. The number of ketones is 2. The molecule has 6 N–H and O–H groups in total. The Hall–Kier alpha value is -4.09. The molecule has 0 radical (unpaired) electrons. The molecule has 5 rings (SSSR count). The number of primary amides is 1. The van der Waals surface area contributed by atoms with Crippen molar-refractivity contribution in [2.45, 2.75) is 24.5 Å². The van der Waals surface area contributed by atoms with E-state index in [1.807, 2.05) is 0 Å². The van der Waals surface area contributed by atoms with Crippen molar-refractivity contribution in [2.75, 3.05) is 14.1 Å². The van der Waals surface area contributed by atoms with Crippen LogP contribution >= 0.6 is 0 Å². The molecule has 4 atom stereocenters. The highest BCUT2D eigenvalue weighted by molar-refractivity contribution is 6.24. The molecule has 0 saturated carbocycles. The zero-order chi connectivity index (χ0) is 26.1. The first-order valence-electron chi connectivity index (χ1n) is 11.3. The number of aliphatic hydroxyl groups is 3. The predicted octanol–water partition coefficient (Wildman–Crippen LogP) is 0.578. The van der Waals surface area contributed by atoms with Crippen LogP contribution < -0.4 is 5.73 Å². The summed E-state index contributed by atoms with van der Waals surface area (Å²) < 4.78 is 0. The fourth-order valence-corrected chi connectivity index (χ4v) is 5.93. The van der Waals surface area contributed by atoms with Gasteiger partial charge in [0.2, 0.25) is 5.78 Å². The third-order valence-electron chi connectivity index (χ3n) is 7.45. The van der Waals surface area contributed by atoms with E-state index >= 15 is 0 Å². The van der Waals surface area contributed by atoms with Crippen molar-refractivity contribution in [3.8, 4) is 17.0 Å². The van der Waals surface area contributed by atoms with Crippen LogP contribution in [0, 0.1) is 11.8 Å². The number of carbonyl (C=O) groups is 3. The number of Topliss-reactive ketones (excluding diaryl/α,β-unsaturated/α-hetero) is 2. The molecule has 1 heterocycles. The van der Waals surface area contributed by atoms with Gasteiger partial charge in [-0.25, -0.2) is 0 Å². The van der Waals surface area contributed by atoms with Gasteiger partial charge in [-0.15, -0.1) is 0 Å². The Kier molecular flexibility index (Phi) is 5.23. The zero-order valence-electron chi connectivity index (χ0n) is 19.5. The van der Waals surface area contributed by atoms with Gasteiger partial charge < -0.3 is 26.2 Å². The topological polar surface area (TPSA) is 187 Å². The van der Waals surface area contributed by atoms with E-state index in [0.717, 1.165) is 0 Å². The summed E-state index contributed by atoms with van der Waals surface area (Å²) in [6, 6.07) is 1.91. The van der Waals surface area contributed by atoms with Crippen molar-refractivity contribution in [2.24, 2.45) is 17.6 Å². The van der Waals surface area contributed by atoms with Crippen LogP contribution in [0.3, 0.4) is 0 Å². The molecule has 0 unspecified atom stereocenters. The van der Waals surface area contributed by atoms with Crippen molar-refractivity contribution in [3.05, 3.63) is 64.5 Å². The molecule has 0 bridgehead atoms. The van der Waals surface area contributed by atoms with Gasteiger partial charge in [-0.2, -0.15) is 0 Å². The smallest absolute Gasteiger partial charge is 0.255 e. The molecule has 1 amide bonds. The van der Waals surface area contributed by atoms with E-state index in [1.165, 1.54) is 29.6 Å². The summed E-state index contributed by atoms with van der Waals surface area (Å²) in [7, 11) is 3.16. The number of hydrogen-bond acceptors (Lipinski definition) is 10. The Morgan fingerprint density at radius 3 is 2.50 bits per heavy atom. The van der Waals surface area contributed by atoms with E-state index < -0.39 is 58.0 Å². The molecule has 11 heteroatoms. The van der Waals surface area contributed by atoms with Gasteiger partial charge in [0.05, 0.1) is 23.5 Å². The van der Waals surface area contributed by atoms with Gasteiger partial charge in [0.25, 0.3) is 5.91 Å². The summed E-state index contributed by atoms with van der Waals surface area (Å²) in [6.07, 6.45) is 4.72.